The lowest BCUT2D eigenvalue weighted by Crippen LogP contribution is -2.08. The summed E-state index contributed by atoms with van der Waals surface area (Å²) in [5.74, 6) is 1.86. The predicted molar refractivity (Wildman–Crippen MR) is 105 cm³/mol. The van der Waals surface area contributed by atoms with Crippen LogP contribution in [0.1, 0.15) is 35.0 Å². The van der Waals surface area contributed by atoms with Gasteiger partial charge in [-0.15, -0.1) is 0 Å². The van der Waals surface area contributed by atoms with Crippen LogP contribution in [0.3, 0.4) is 0 Å². The monoisotopic (exact) mass is 375 g/mol. The number of benzene rings is 1. The van der Waals surface area contributed by atoms with Crippen LogP contribution in [-0.4, -0.2) is 33.0 Å². The normalized spacial score (nSPS) is 16.7. The maximum Gasteiger partial charge on any atom is 0.233 e. The molecule has 0 spiro atoms. The lowest BCUT2D eigenvalue weighted by atomic mass is 10.1. The molecule has 1 atom stereocenters. The highest BCUT2D eigenvalue weighted by Gasteiger charge is 2.21. The molecule has 0 saturated carbocycles. The maximum absolute atomic E-state index is 8.73. The first-order valence-corrected chi connectivity index (χ1v) is 9.21. The van der Waals surface area contributed by atoms with Crippen LogP contribution in [0.25, 0.3) is 17.1 Å². The van der Waals surface area contributed by atoms with E-state index in [0.717, 1.165) is 40.9 Å². The summed E-state index contributed by atoms with van der Waals surface area (Å²) < 4.78 is 13.6. The Morgan fingerprint density at radius 1 is 1.25 bits per heavy atom. The quantitative estimate of drug-likeness (QED) is 0.640. The summed E-state index contributed by atoms with van der Waals surface area (Å²) in [4.78, 5) is 8.97. The summed E-state index contributed by atoms with van der Waals surface area (Å²) in [6.07, 6.45) is 6.13. The molecule has 2 aromatic heterocycles. The fourth-order valence-corrected chi connectivity index (χ4v) is 3.47. The number of allylic oxidation sites excluding steroid dienone is 1. The van der Waals surface area contributed by atoms with E-state index < -0.39 is 0 Å². The minimum atomic E-state index is 0.219. The Hall–Kier alpha value is -3.24. The molecule has 1 unspecified atom stereocenters. The fourth-order valence-electron chi connectivity index (χ4n) is 3.47. The third-order valence-corrected chi connectivity index (χ3v) is 4.79. The lowest BCUT2D eigenvalue weighted by Gasteiger charge is -2.13. The van der Waals surface area contributed by atoms with Gasteiger partial charge in [0.25, 0.3) is 0 Å². The molecule has 3 heterocycles. The van der Waals surface area contributed by atoms with Crippen LogP contribution >= 0.6 is 0 Å². The van der Waals surface area contributed by atoms with Gasteiger partial charge in [-0.25, -0.2) is 4.98 Å². The van der Waals surface area contributed by atoms with Crippen molar-refractivity contribution in [3.8, 4) is 17.7 Å². The Bertz CT molecular complexity index is 1080. The summed E-state index contributed by atoms with van der Waals surface area (Å²) in [6.45, 7) is 7.21. The van der Waals surface area contributed by atoms with E-state index in [1.165, 1.54) is 6.08 Å². The largest absolute Gasteiger partial charge is 0.438 e. The van der Waals surface area contributed by atoms with Gasteiger partial charge in [-0.05, 0) is 62.1 Å². The van der Waals surface area contributed by atoms with Crippen molar-refractivity contribution in [1.82, 2.24) is 19.7 Å². The van der Waals surface area contributed by atoms with Gasteiger partial charge in [-0.2, -0.15) is 15.3 Å². The Labute approximate surface area is 163 Å². The van der Waals surface area contributed by atoms with Gasteiger partial charge in [0.15, 0.2) is 5.65 Å². The van der Waals surface area contributed by atoms with Crippen LogP contribution < -0.4 is 4.74 Å². The molecule has 0 amide bonds. The summed E-state index contributed by atoms with van der Waals surface area (Å²) in [5.41, 5.74) is 3.53. The Kier molecular flexibility index (Phi) is 4.80. The molecule has 28 heavy (non-hydrogen) atoms. The number of nitriles is 1. The second kappa shape index (κ2) is 7.41. The molecule has 7 nitrogen and oxygen atoms in total. The van der Waals surface area contributed by atoms with Gasteiger partial charge < -0.3 is 9.47 Å². The number of ether oxygens (including phenoxy) is 2. The smallest absolute Gasteiger partial charge is 0.233 e. The van der Waals surface area contributed by atoms with E-state index in [0.29, 0.717) is 24.0 Å². The molecular weight excluding hydrogens is 354 g/mol. The van der Waals surface area contributed by atoms with Gasteiger partial charge in [0, 0.05) is 18.9 Å². The minimum absolute atomic E-state index is 0.219. The van der Waals surface area contributed by atoms with Crippen LogP contribution in [0.15, 0.2) is 24.4 Å². The third kappa shape index (κ3) is 3.47. The highest BCUT2D eigenvalue weighted by atomic mass is 16.5. The van der Waals surface area contributed by atoms with E-state index in [1.54, 1.807) is 6.08 Å². The number of rotatable bonds is 4. The maximum atomic E-state index is 8.73. The summed E-state index contributed by atoms with van der Waals surface area (Å²) in [7, 11) is 0. The first kappa shape index (κ1) is 18.1. The number of aryl methyl sites for hydroxylation is 3. The van der Waals surface area contributed by atoms with Crippen LogP contribution in [0.2, 0.25) is 0 Å². The summed E-state index contributed by atoms with van der Waals surface area (Å²) in [6, 6.07) is 6.21. The molecule has 1 aromatic carbocycles. The van der Waals surface area contributed by atoms with E-state index in [2.05, 4.69) is 15.1 Å². The molecule has 142 valence electrons. The minimum Gasteiger partial charge on any atom is -0.438 e. The number of nitrogens with zero attached hydrogens (tertiary/aromatic N) is 5. The first-order chi connectivity index (χ1) is 13.5. The van der Waals surface area contributed by atoms with Crippen LogP contribution in [0, 0.1) is 32.1 Å². The van der Waals surface area contributed by atoms with Gasteiger partial charge in [-0.3, -0.25) is 4.68 Å². The average molecular weight is 375 g/mol. The van der Waals surface area contributed by atoms with Crippen molar-refractivity contribution in [3.05, 3.63) is 46.9 Å². The summed E-state index contributed by atoms with van der Waals surface area (Å²) >= 11 is 0. The highest BCUT2D eigenvalue weighted by Crippen LogP contribution is 2.33. The SMILES string of the molecule is Cc1nc(Oc2c(C)cc(/C=C/C#N)cc2C)c2cn(C3CCOC3)nc2n1. The van der Waals surface area contributed by atoms with Gasteiger partial charge >= 0.3 is 0 Å². The standard InChI is InChI=1S/C21H21N5O2/c1-13-9-16(5-4-7-22)10-14(2)19(13)28-21-18-11-26(17-6-8-27-12-17)25-20(18)23-15(3)24-21/h4-5,9-11,17H,6,8,12H2,1-3H3/b5-4+. The number of fused-ring (bicyclic) bond motifs is 1. The van der Waals surface area contributed by atoms with Crippen molar-refractivity contribution >= 4 is 17.1 Å². The van der Waals surface area contributed by atoms with Crippen LogP contribution in [0.4, 0.5) is 0 Å². The zero-order valence-corrected chi connectivity index (χ0v) is 16.1. The molecule has 3 aromatic rings. The second-order valence-electron chi connectivity index (χ2n) is 6.99. The van der Waals surface area contributed by atoms with E-state index in [1.807, 2.05) is 49.9 Å². The van der Waals surface area contributed by atoms with Crippen molar-refractivity contribution in [2.75, 3.05) is 13.2 Å². The molecule has 4 rings (SSSR count). The molecule has 0 aliphatic carbocycles. The van der Waals surface area contributed by atoms with Crippen LogP contribution in [-0.2, 0) is 4.74 Å². The molecule has 1 fully saturated rings. The highest BCUT2D eigenvalue weighted by molar-refractivity contribution is 5.80. The number of hydrogen-bond donors (Lipinski definition) is 0. The number of aromatic nitrogens is 4. The zero-order valence-electron chi connectivity index (χ0n) is 16.1. The topological polar surface area (TPSA) is 85.8 Å². The van der Waals surface area contributed by atoms with Crippen molar-refractivity contribution in [2.45, 2.75) is 33.2 Å². The second-order valence-corrected chi connectivity index (χ2v) is 6.99. The average Bonchev–Trinajstić information content (AvgIpc) is 3.32. The van der Waals surface area contributed by atoms with Gasteiger partial charge in [0.1, 0.15) is 17.0 Å². The molecule has 0 N–H and O–H groups in total. The van der Waals surface area contributed by atoms with Crippen molar-refractivity contribution in [3.63, 3.8) is 0 Å². The zero-order chi connectivity index (χ0) is 19.7. The molecule has 0 bridgehead atoms. The molecule has 0 radical (unpaired) electrons. The molecular formula is C21H21N5O2. The Morgan fingerprint density at radius 2 is 2.04 bits per heavy atom. The first-order valence-electron chi connectivity index (χ1n) is 9.21. The summed E-state index contributed by atoms with van der Waals surface area (Å²) in [5, 5.41) is 14.1. The van der Waals surface area contributed by atoms with E-state index >= 15 is 0 Å². The van der Waals surface area contributed by atoms with Crippen molar-refractivity contribution in [2.24, 2.45) is 0 Å². The Morgan fingerprint density at radius 3 is 2.71 bits per heavy atom. The van der Waals surface area contributed by atoms with E-state index in [4.69, 9.17) is 14.7 Å². The van der Waals surface area contributed by atoms with Crippen LogP contribution in [0.5, 0.6) is 11.6 Å². The molecule has 7 heteroatoms. The third-order valence-electron chi connectivity index (χ3n) is 4.79. The number of hydrogen-bond acceptors (Lipinski definition) is 6. The van der Waals surface area contributed by atoms with E-state index in [9.17, 15) is 0 Å². The van der Waals surface area contributed by atoms with Crippen molar-refractivity contribution in [1.29, 1.82) is 5.26 Å². The molecule has 1 saturated heterocycles. The van der Waals surface area contributed by atoms with Gasteiger partial charge in [-0.1, -0.05) is 0 Å². The van der Waals surface area contributed by atoms with Crippen molar-refractivity contribution < 1.29 is 9.47 Å². The predicted octanol–water partition coefficient (Wildman–Crippen LogP) is 4.04. The van der Waals surface area contributed by atoms with Gasteiger partial charge in [0.05, 0.1) is 18.7 Å². The lowest BCUT2D eigenvalue weighted by molar-refractivity contribution is 0.184. The Balaban J connectivity index is 1.73. The van der Waals surface area contributed by atoms with E-state index in [-0.39, 0.29) is 6.04 Å². The fraction of sp³-hybridized carbons (Fsp3) is 0.333. The van der Waals surface area contributed by atoms with Gasteiger partial charge in [0.2, 0.25) is 5.88 Å². The molecule has 1 aliphatic rings. The molecule has 1 aliphatic heterocycles.